The van der Waals surface area contributed by atoms with Crippen LogP contribution in [0.25, 0.3) is 44.3 Å². The molecule has 4 heterocycles. The van der Waals surface area contributed by atoms with Crippen LogP contribution in [0.4, 0.5) is 22.8 Å². The number of imidazole rings is 2. The monoisotopic (exact) mass is 885 g/mol. The zero-order valence-electron chi connectivity index (χ0n) is 57.3. The van der Waals surface area contributed by atoms with Gasteiger partial charge in [0, 0.05) is 54.5 Å². The van der Waals surface area contributed by atoms with Crippen molar-refractivity contribution in [2.75, 3.05) is 27.3 Å². The largest absolute Gasteiger partial charge is 0.573 e. The van der Waals surface area contributed by atoms with Crippen molar-refractivity contribution in [2.24, 2.45) is 11.8 Å². The second-order valence-corrected chi connectivity index (χ2v) is 12.6. The minimum Gasteiger partial charge on any atom is -0.453 e. The lowest BCUT2D eigenvalue weighted by Gasteiger charge is -2.29. The van der Waals surface area contributed by atoms with E-state index in [1.54, 1.807) is 0 Å². The Balaban J connectivity index is 0.00000541. The average molecular weight is 885 g/mol. The summed E-state index contributed by atoms with van der Waals surface area (Å²) in [4.78, 5) is 67.5. The van der Waals surface area contributed by atoms with E-state index in [-0.39, 0.29) is 59.8 Å². The molecule has 3 aromatic carbocycles. The number of nitrogens with one attached hydrogen (secondary N) is 4. The van der Waals surface area contributed by atoms with Gasteiger partial charge in [-0.25, -0.2) is 19.6 Å². The van der Waals surface area contributed by atoms with Crippen molar-refractivity contribution in [2.45, 2.75) is 83.4 Å². The lowest BCUT2D eigenvalue weighted by atomic mass is 9.98. The number of carbonyl (C=O) groups is 4. The minimum atomic E-state index is -5.43. The van der Waals surface area contributed by atoms with Gasteiger partial charge in [-0.2, -0.15) is 0 Å². The Hall–Kier alpha value is -6.33. The molecule has 2 aliphatic rings. The number of alkyl carbamates (subject to hydrolysis) is 2. The molecule has 2 aromatic heterocycles. The van der Waals surface area contributed by atoms with E-state index in [1.807, 2.05) is 0 Å². The van der Waals surface area contributed by atoms with Gasteiger partial charge < -0.3 is 44.6 Å². The molecule has 2 saturated heterocycles. The summed E-state index contributed by atoms with van der Waals surface area (Å²) in [6.07, 6.45) is -21.1. The molecule has 8 atom stereocenters. The van der Waals surface area contributed by atoms with Gasteiger partial charge in [0.1, 0.15) is 29.4 Å². The number of amides is 4. The van der Waals surface area contributed by atoms with E-state index in [2.05, 4.69) is 34.1 Å². The first-order chi connectivity index (χ1) is 39.3. The fraction of sp³-hybridized carbons (Fsp3) is 0.442. The van der Waals surface area contributed by atoms with E-state index in [0.29, 0.717) is 14.2 Å². The van der Waals surface area contributed by atoms with E-state index >= 15 is 0 Å². The van der Waals surface area contributed by atoms with Gasteiger partial charge in [0.2, 0.25) is 11.8 Å². The van der Waals surface area contributed by atoms with Crippen molar-refractivity contribution in [1.82, 2.24) is 40.4 Å². The van der Waals surface area contributed by atoms with E-state index < -0.39 is 150 Å². The van der Waals surface area contributed by atoms with Gasteiger partial charge in [-0.05, 0) is 84.3 Å². The summed E-state index contributed by atoms with van der Waals surface area (Å²) >= 11 is 0. The van der Waals surface area contributed by atoms with Gasteiger partial charge in [-0.15, -0.1) is 13.2 Å². The Bertz CT molecular complexity index is 3540. The summed E-state index contributed by atoms with van der Waals surface area (Å²) < 4.78 is 276. The van der Waals surface area contributed by atoms with Crippen LogP contribution in [0.15, 0.2) is 54.6 Å². The number of methoxy groups -OCH3 is 2. The van der Waals surface area contributed by atoms with Crippen LogP contribution in [-0.4, -0.2) is 99.4 Å². The molecule has 4 amide bonds. The Morgan fingerprint density at radius 3 is 1.72 bits per heavy atom. The van der Waals surface area contributed by atoms with Crippen LogP contribution < -0.4 is 15.4 Å². The zero-order chi connectivity index (χ0) is 66.4. The van der Waals surface area contributed by atoms with Crippen molar-refractivity contribution in [1.29, 1.82) is 0 Å². The lowest BCUT2D eigenvalue weighted by molar-refractivity contribution is -0.274. The number of H-pyrrole nitrogens is 2. The second kappa shape index (κ2) is 17.3. The molecule has 0 aliphatic carbocycles. The number of aromatic nitrogens is 4. The topological polar surface area (TPSA) is 184 Å². The molecule has 15 nitrogen and oxygen atoms in total. The molecule has 2 fully saturated rings. The van der Waals surface area contributed by atoms with E-state index in [9.17, 15) is 35.1 Å². The van der Waals surface area contributed by atoms with Crippen LogP contribution >= 0.6 is 0 Å². The number of ether oxygens (including phenoxy) is 3. The minimum absolute atomic E-state index is 0. The summed E-state index contributed by atoms with van der Waals surface area (Å²) in [6.45, 7) is -22.0. The molecule has 4 N–H and O–H groups in total. The smallest absolute Gasteiger partial charge is 0.453 e. The van der Waals surface area contributed by atoms with Crippen LogP contribution in [-0.2, 0) is 19.1 Å². The van der Waals surface area contributed by atoms with Crippen molar-refractivity contribution in [3.8, 4) is 28.0 Å². The lowest BCUT2D eigenvalue weighted by Crippen LogP contribution is -2.51. The fourth-order valence-electron chi connectivity index (χ4n) is 6.11. The van der Waals surface area contributed by atoms with E-state index in [0.717, 1.165) is 36.4 Å². The third-order valence-electron chi connectivity index (χ3n) is 8.82. The number of fused-ring (bicyclic) bond motifs is 2. The Morgan fingerprint density at radius 2 is 1.25 bits per heavy atom. The van der Waals surface area contributed by atoms with Gasteiger partial charge in [-0.3, -0.25) is 9.59 Å². The van der Waals surface area contributed by atoms with Gasteiger partial charge in [0.25, 0.3) is 0 Å². The summed E-state index contributed by atoms with van der Waals surface area (Å²) in [5.41, 5.74) is -1.60. The summed E-state index contributed by atoms with van der Waals surface area (Å²) in [7, 11) is 1.29. The third kappa shape index (κ3) is 9.07. The van der Waals surface area contributed by atoms with Crippen LogP contribution in [0.2, 0.25) is 0 Å². The number of hydrogen-bond acceptors (Lipinski definition) is 9. The van der Waals surface area contributed by atoms with E-state index in [1.165, 1.54) is 28.8 Å². The second-order valence-electron chi connectivity index (χ2n) is 12.6. The quantitative estimate of drug-likeness (QED) is 0.101. The number of halogens is 3. The molecule has 61 heavy (non-hydrogen) atoms. The Morgan fingerprint density at radius 1 is 0.787 bits per heavy atom. The van der Waals surface area contributed by atoms with Crippen LogP contribution in [0, 0.1) is 11.8 Å². The molecule has 7 rings (SSSR count). The number of alkyl halides is 3. The van der Waals surface area contributed by atoms with Crippen molar-refractivity contribution < 1.29 is 87.9 Å². The molecule has 0 saturated carbocycles. The van der Waals surface area contributed by atoms with Gasteiger partial charge in [-0.1, -0.05) is 51.7 Å². The number of rotatable bonds is 11. The standard InChI is InChI=1S/C43H49F3N8O7.4H2/c1-22(2)35(51-41(57)59-5)39(55)53-17-7-9-32(53)37-47-28-15-12-24(19-30(28)49-37)25-11-14-27(34(21-25)61-43(44,45)46)26-13-16-29-31(20-26)50-38(48-29)33-10-8-18-54(33)40(56)36(23(3)4)52-42(58)60-6;;;;/h11-16,19-23,32-33,35-36H,7-10,17-18H2,1-6H3,(H,47,49)(H,48,50)(H,51,57)(H,52,58);4*1H/t32-,33-,35+,36+;;;;/m1..../s1/i1D3,2D3,3D3,4D3,7D,8D,9D2,10D2,17D,18D,22D,23D,32D,33D,35D,36D;4*1+1/t7?,8?,17?,18?,32-,33-,35+,36+;;;;. The molecule has 0 spiro atoms. The molecule has 0 bridgehead atoms. The molecular weight excluding hydrogens is 798 g/mol. The highest BCUT2D eigenvalue weighted by atomic mass is 19.4. The van der Waals surface area contributed by atoms with Crippen LogP contribution in [0.5, 0.6) is 5.75 Å². The van der Waals surface area contributed by atoms with Gasteiger partial charge >= 0.3 is 18.5 Å². The first-order valence-electron chi connectivity index (χ1n) is 30.6. The molecule has 2 aliphatic heterocycles. The summed E-state index contributed by atoms with van der Waals surface area (Å²) in [5, 5.41) is 2.81. The van der Waals surface area contributed by atoms with Gasteiger partial charge in [0.15, 0.2) is 0 Å². The average Bonchev–Trinajstić information content (AvgIpc) is 1.07. The third-order valence-corrected chi connectivity index (χ3v) is 8.82. The highest BCUT2D eigenvalue weighted by molar-refractivity contribution is 5.89. The highest BCUT2D eigenvalue weighted by Gasteiger charge is 2.39. The first kappa shape index (κ1) is 21.0. The predicted octanol–water partition coefficient (Wildman–Crippen LogP) is 8.74. The van der Waals surface area contributed by atoms with Crippen LogP contribution in [0.3, 0.4) is 0 Å². The number of hydrogen-bond donors (Lipinski definition) is 4. The number of likely N-dealkylation sites (tertiary alicyclic amines) is 2. The molecule has 18 heteroatoms. The number of benzene rings is 3. The maximum absolute atomic E-state index is 14.7. The first-order valence-corrected chi connectivity index (χ1v) is 17.3. The zero-order valence-corrected chi connectivity index (χ0v) is 31.3. The maximum Gasteiger partial charge on any atom is 0.573 e. The van der Waals surface area contributed by atoms with Crippen molar-refractivity contribution in [3.63, 3.8) is 0 Å². The Kier molecular flexibility index (Phi) is 5.96. The highest BCUT2D eigenvalue weighted by Crippen LogP contribution is 2.40. The Labute approximate surface area is 392 Å². The van der Waals surface area contributed by atoms with Crippen molar-refractivity contribution in [3.05, 3.63) is 66.2 Å². The molecular formula is C43H57F3N8O7. The summed E-state index contributed by atoms with van der Waals surface area (Å²) in [6, 6.07) is -5.64. The SMILES string of the molecule is [2HH].[2HH].[2HH].[2HH].[2H]C1C([2H])C([2H])([2H])[C@]([2H])(c2nc3ccc(-c4ccc(-c5ccc6nc([C@]7([2H])N(C(=O)[C@@]([2H])(NC(=O)OC)C([2H])(C([2H])([2H])[2H])C([2H])([2H])[2H])C([2H])C([2H])C7([2H])[2H])[nH]c6c5)c(OC(F)(F)F)c4)cc3[nH]2)N1C(=O)[C@@]([2H])(NC(=O)OC)C([2H])(C([2H])([2H])[2H])C([2H])([2H])[2H]. The maximum atomic E-state index is 14.7. The fourth-order valence-corrected chi connectivity index (χ4v) is 6.11. The van der Waals surface area contributed by atoms with Crippen molar-refractivity contribution >= 4 is 46.1 Å². The number of carbonyl (C=O) groups excluding carboxylic acids is 4. The molecule has 4 unspecified atom stereocenters. The van der Waals surface area contributed by atoms with Crippen LogP contribution in [0.1, 0.15) is 118 Å². The normalized spacial score (nSPS) is 35.2. The number of aromatic amines is 2. The number of nitrogens with zero attached hydrogens (tertiary/aromatic N) is 4. The molecule has 0 radical (unpaired) electrons. The molecule has 332 valence electrons. The van der Waals surface area contributed by atoms with E-state index in [4.69, 9.17) is 32.9 Å². The molecule has 5 aromatic rings. The predicted molar refractivity (Wildman–Crippen MR) is 227 cm³/mol. The summed E-state index contributed by atoms with van der Waals surface area (Å²) in [5.74, 6) is -16.4. The van der Waals surface area contributed by atoms with Gasteiger partial charge in [0.05, 0.1) is 53.8 Å².